The SMILES string of the molecule is COc1ccc(-c2nc(N3CCN(C(=O)c4ccc(C)cc4)CC3)c3ccccc3n2)cc1. The molecule has 0 aliphatic carbocycles. The molecule has 6 nitrogen and oxygen atoms in total. The van der Waals surface area contributed by atoms with Gasteiger partial charge in [-0.2, -0.15) is 0 Å². The number of aryl methyl sites for hydroxylation is 1. The van der Waals surface area contributed by atoms with E-state index in [1.807, 2.05) is 78.6 Å². The molecule has 0 radical (unpaired) electrons. The Morgan fingerprint density at radius 3 is 2.24 bits per heavy atom. The first-order valence-corrected chi connectivity index (χ1v) is 11.1. The highest BCUT2D eigenvalue weighted by molar-refractivity contribution is 5.95. The van der Waals surface area contributed by atoms with Gasteiger partial charge in [-0.05, 0) is 55.5 Å². The van der Waals surface area contributed by atoms with Gasteiger partial charge in [-0.25, -0.2) is 9.97 Å². The van der Waals surface area contributed by atoms with E-state index in [1.165, 1.54) is 0 Å². The maximum Gasteiger partial charge on any atom is 0.253 e. The molecule has 0 unspecified atom stereocenters. The van der Waals surface area contributed by atoms with Crippen LogP contribution in [0.2, 0.25) is 0 Å². The van der Waals surface area contributed by atoms with Gasteiger partial charge < -0.3 is 14.5 Å². The molecule has 1 aromatic heterocycles. The summed E-state index contributed by atoms with van der Waals surface area (Å²) >= 11 is 0. The van der Waals surface area contributed by atoms with E-state index in [-0.39, 0.29) is 5.91 Å². The average molecular weight is 439 g/mol. The third-order valence-corrected chi connectivity index (χ3v) is 6.10. The van der Waals surface area contributed by atoms with Crippen molar-refractivity contribution in [3.05, 3.63) is 83.9 Å². The second kappa shape index (κ2) is 8.90. The molecule has 1 aliphatic heterocycles. The first kappa shape index (κ1) is 20.9. The van der Waals surface area contributed by atoms with Gasteiger partial charge in [0.2, 0.25) is 0 Å². The lowest BCUT2D eigenvalue weighted by Crippen LogP contribution is -2.49. The van der Waals surface area contributed by atoms with Gasteiger partial charge in [0.05, 0.1) is 12.6 Å². The lowest BCUT2D eigenvalue weighted by atomic mass is 10.1. The van der Waals surface area contributed by atoms with Crippen molar-refractivity contribution in [1.29, 1.82) is 0 Å². The molecule has 166 valence electrons. The number of amides is 1. The fourth-order valence-electron chi connectivity index (χ4n) is 4.17. The number of carbonyl (C=O) groups excluding carboxylic acids is 1. The number of hydrogen-bond acceptors (Lipinski definition) is 5. The van der Waals surface area contributed by atoms with E-state index in [0.29, 0.717) is 18.9 Å². The topological polar surface area (TPSA) is 58.6 Å². The number of methoxy groups -OCH3 is 1. The van der Waals surface area contributed by atoms with Crippen molar-refractivity contribution in [2.75, 3.05) is 38.2 Å². The van der Waals surface area contributed by atoms with E-state index in [2.05, 4.69) is 11.0 Å². The fraction of sp³-hybridized carbons (Fsp3) is 0.222. The Morgan fingerprint density at radius 2 is 1.55 bits per heavy atom. The third-order valence-electron chi connectivity index (χ3n) is 6.10. The molecular formula is C27H26N4O2. The highest BCUT2D eigenvalue weighted by Gasteiger charge is 2.24. The summed E-state index contributed by atoms with van der Waals surface area (Å²) in [6, 6.07) is 23.7. The summed E-state index contributed by atoms with van der Waals surface area (Å²) < 4.78 is 5.28. The Hall–Kier alpha value is -3.93. The number of carbonyl (C=O) groups is 1. The van der Waals surface area contributed by atoms with Crippen molar-refractivity contribution in [1.82, 2.24) is 14.9 Å². The maximum absolute atomic E-state index is 12.9. The molecule has 0 saturated carbocycles. The molecule has 4 aromatic rings. The van der Waals surface area contributed by atoms with Crippen LogP contribution < -0.4 is 9.64 Å². The van der Waals surface area contributed by atoms with Crippen LogP contribution in [0, 0.1) is 6.92 Å². The van der Waals surface area contributed by atoms with Crippen LogP contribution in [0.1, 0.15) is 15.9 Å². The fourth-order valence-corrected chi connectivity index (χ4v) is 4.17. The predicted molar refractivity (Wildman–Crippen MR) is 131 cm³/mol. The molecule has 6 heteroatoms. The number of nitrogens with zero attached hydrogens (tertiary/aromatic N) is 4. The molecule has 0 bridgehead atoms. The molecule has 33 heavy (non-hydrogen) atoms. The molecule has 3 aromatic carbocycles. The van der Waals surface area contributed by atoms with Crippen molar-refractivity contribution >= 4 is 22.6 Å². The molecule has 2 heterocycles. The monoisotopic (exact) mass is 438 g/mol. The van der Waals surface area contributed by atoms with Gasteiger partial charge in [-0.1, -0.05) is 29.8 Å². The lowest BCUT2D eigenvalue weighted by Gasteiger charge is -2.36. The van der Waals surface area contributed by atoms with Crippen LogP contribution in [0.25, 0.3) is 22.3 Å². The third kappa shape index (κ3) is 4.24. The summed E-state index contributed by atoms with van der Waals surface area (Å²) in [5, 5.41) is 1.02. The molecule has 0 atom stereocenters. The molecule has 1 fully saturated rings. The molecule has 0 N–H and O–H groups in total. The van der Waals surface area contributed by atoms with E-state index < -0.39 is 0 Å². The summed E-state index contributed by atoms with van der Waals surface area (Å²) in [5.74, 6) is 2.48. The van der Waals surface area contributed by atoms with E-state index in [0.717, 1.165) is 52.3 Å². The van der Waals surface area contributed by atoms with Crippen molar-refractivity contribution < 1.29 is 9.53 Å². The Labute approximate surface area is 193 Å². The van der Waals surface area contributed by atoms with Crippen LogP contribution >= 0.6 is 0 Å². The Morgan fingerprint density at radius 1 is 0.848 bits per heavy atom. The number of rotatable bonds is 4. The molecule has 1 saturated heterocycles. The zero-order valence-electron chi connectivity index (χ0n) is 18.9. The Balaban J connectivity index is 1.41. The maximum atomic E-state index is 12.9. The summed E-state index contributed by atoms with van der Waals surface area (Å²) in [5.41, 5.74) is 3.74. The van der Waals surface area contributed by atoms with Crippen LogP contribution in [0.5, 0.6) is 5.75 Å². The van der Waals surface area contributed by atoms with Gasteiger partial charge >= 0.3 is 0 Å². The Kier molecular flexibility index (Phi) is 5.65. The summed E-state index contributed by atoms with van der Waals surface area (Å²) in [6.07, 6.45) is 0. The number of para-hydroxylation sites is 1. The largest absolute Gasteiger partial charge is 0.497 e. The number of benzene rings is 3. The second-order valence-corrected chi connectivity index (χ2v) is 8.26. The van der Waals surface area contributed by atoms with Crippen LogP contribution in [0.4, 0.5) is 5.82 Å². The van der Waals surface area contributed by atoms with E-state index >= 15 is 0 Å². The summed E-state index contributed by atoms with van der Waals surface area (Å²) in [4.78, 5) is 26.9. The minimum Gasteiger partial charge on any atom is -0.497 e. The van der Waals surface area contributed by atoms with E-state index in [1.54, 1.807) is 7.11 Å². The van der Waals surface area contributed by atoms with Crippen LogP contribution in [-0.2, 0) is 0 Å². The van der Waals surface area contributed by atoms with E-state index in [9.17, 15) is 4.79 Å². The van der Waals surface area contributed by atoms with Gasteiger partial charge in [-0.15, -0.1) is 0 Å². The molecule has 5 rings (SSSR count). The number of ether oxygens (including phenoxy) is 1. The zero-order valence-corrected chi connectivity index (χ0v) is 18.9. The smallest absolute Gasteiger partial charge is 0.253 e. The first-order chi connectivity index (χ1) is 16.1. The Bertz CT molecular complexity index is 1280. The minimum atomic E-state index is 0.0844. The quantitative estimate of drug-likeness (QED) is 0.467. The van der Waals surface area contributed by atoms with Crippen molar-refractivity contribution in [3.63, 3.8) is 0 Å². The lowest BCUT2D eigenvalue weighted by molar-refractivity contribution is 0.0746. The van der Waals surface area contributed by atoms with Crippen molar-refractivity contribution in [2.45, 2.75) is 6.92 Å². The highest BCUT2D eigenvalue weighted by atomic mass is 16.5. The van der Waals surface area contributed by atoms with Crippen molar-refractivity contribution in [2.24, 2.45) is 0 Å². The van der Waals surface area contributed by atoms with Gasteiger partial charge in [0.25, 0.3) is 5.91 Å². The second-order valence-electron chi connectivity index (χ2n) is 8.26. The summed E-state index contributed by atoms with van der Waals surface area (Å²) in [7, 11) is 1.66. The molecule has 1 amide bonds. The predicted octanol–water partition coefficient (Wildman–Crippen LogP) is 4.58. The van der Waals surface area contributed by atoms with E-state index in [4.69, 9.17) is 14.7 Å². The van der Waals surface area contributed by atoms with Crippen molar-refractivity contribution in [3.8, 4) is 17.1 Å². The number of anilines is 1. The first-order valence-electron chi connectivity index (χ1n) is 11.1. The van der Waals surface area contributed by atoms with Gasteiger partial charge in [0.1, 0.15) is 11.6 Å². The number of fused-ring (bicyclic) bond motifs is 1. The van der Waals surface area contributed by atoms with Gasteiger partial charge in [0, 0.05) is 42.7 Å². The van der Waals surface area contributed by atoms with Crippen LogP contribution in [0.3, 0.4) is 0 Å². The van der Waals surface area contributed by atoms with Gasteiger partial charge in [0.15, 0.2) is 5.82 Å². The normalized spacial score (nSPS) is 13.9. The van der Waals surface area contributed by atoms with Crippen LogP contribution in [0.15, 0.2) is 72.8 Å². The molecular weight excluding hydrogens is 412 g/mol. The number of piperazine rings is 1. The average Bonchev–Trinajstić information content (AvgIpc) is 2.88. The minimum absolute atomic E-state index is 0.0844. The number of hydrogen-bond donors (Lipinski definition) is 0. The standard InChI is InChI=1S/C27H26N4O2/c1-19-7-9-21(10-8-19)27(32)31-17-15-30(16-18-31)26-23-5-3-4-6-24(23)28-25(29-26)20-11-13-22(33-2)14-12-20/h3-14H,15-18H2,1-2H3. The van der Waals surface area contributed by atoms with Gasteiger partial charge in [-0.3, -0.25) is 4.79 Å². The highest BCUT2D eigenvalue weighted by Crippen LogP contribution is 2.29. The molecule has 0 spiro atoms. The van der Waals surface area contributed by atoms with Crippen LogP contribution in [-0.4, -0.2) is 54.1 Å². The summed E-state index contributed by atoms with van der Waals surface area (Å²) in [6.45, 7) is 4.78. The number of aromatic nitrogens is 2. The molecule has 1 aliphatic rings. The zero-order chi connectivity index (χ0) is 22.8.